The Hall–Kier alpha value is -1.00. The molecule has 0 aromatic rings. The van der Waals surface area contributed by atoms with Crippen molar-refractivity contribution >= 4 is 27.7 Å². The van der Waals surface area contributed by atoms with E-state index in [0.29, 0.717) is 42.0 Å². The van der Waals surface area contributed by atoms with Crippen LogP contribution in [0.1, 0.15) is 85.5 Å². The SMILES string of the molecule is C=CC(=O)N(CCC)CC1C2C(CC)NN(C3CCC(C(C)C)CC3)C2CCN1C(=O)C1CCC(Br)C2NCNC12. The van der Waals surface area contributed by atoms with Gasteiger partial charge in [0.15, 0.2) is 0 Å². The van der Waals surface area contributed by atoms with E-state index in [1.54, 1.807) is 0 Å². The van der Waals surface area contributed by atoms with Crippen molar-refractivity contribution in [3.63, 3.8) is 0 Å². The Morgan fingerprint density at radius 1 is 1.05 bits per heavy atom. The molecule has 8 nitrogen and oxygen atoms in total. The number of carbonyl (C=O) groups excluding carboxylic acids is 2. The number of hydrogen-bond donors (Lipinski definition) is 3. The first-order valence-corrected chi connectivity index (χ1v) is 17.6. The van der Waals surface area contributed by atoms with Gasteiger partial charge in [0.05, 0.1) is 12.0 Å². The van der Waals surface area contributed by atoms with E-state index < -0.39 is 0 Å². The lowest BCUT2D eigenvalue weighted by atomic mass is 9.76. The quantitative estimate of drug-likeness (QED) is 0.264. The van der Waals surface area contributed by atoms with E-state index in [-0.39, 0.29) is 35.9 Å². The summed E-state index contributed by atoms with van der Waals surface area (Å²) < 4.78 is 0. The molecule has 9 heteroatoms. The average Bonchev–Trinajstić information content (AvgIpc) is 3.63. The lowest BCUT2D eigenvalue weighted by Crippen LogP contribution is -2.63. The second kappa shape index (κ2) is 13.7. The summed E-state index contributed by atoms with van der Waals surface area (Å²) in [4.78, 5) is 32.1. The zero-order valence-electron chi connectivity index (χ0n) is 25.9. The summed E-state index contributed by atoms with van der Waals surface area (Å²) in [5, 5.41) is 9.81. The topological polar surface area (TPSA) is 80.0 Å². The Morgan fingerprint density at radius 2 is 1.78 bits per heavy atom. The van der Waals surface area contributed by atoms with Gasteiger partial charge in [0, 0.05) is 67.3 Å². The zero-order chi connectivity index (χ0) is 29.3. The first kappa shape index (κ1) is 31.4. The van der Waals surface area contributed by atoms with Crippen LogP contribution in [0, 0.1) is 23.7 Å². The number of carbonyl (C=O) groups is 2. The van der Waals surface area contributed by atoms with Gasteiger partial charge in [-0.15, -0.1) is 0 Å². The van der Waals surface area contributed by atoms with Crippen molar-refractivity contribution in [1.82, 2.24) is 30.9 Å². The number of likely N-dealkylation sites (tertiary alicyclic amines) is 1. The standard InChI is InChI=1S/C32H55BrN6O2/c1-6-16-37(28(40)8-3)18-27-29-25(7-2)36-39(22-11-9-21(10-12-22)20(4)5)26(29)15-17-38(27)32(41)23-13-14-24(33)31-30(23)34-19-35-31/h8,20-27,29-31,34-36H,3,6-7,9-19H2,1-2,4-5H3. The lowest BCUT2D eigenvalue weighted by Gasteiger charge is -2.49. The van der Waals surface area contributed by atoms with E-state index in [4.69, 9.17) is 0 Å². The predicted octanol–water partition coefficient (Wildman–Crippen LogP) is 3.87. The first-order valence-electron chi connectivity index (χ1n) is 16.7. The molecule has 2 saturated carbocycles. The third-order valence-corrected chi connectivity index (χ3v) is 12.3. The fraction of sp³-hybridized carbons (Fsp3) is 0.875. The van der Waals surface area contributed by atoms with Crippen LogP contribution in [0.3, 0.4) is 0 Å². The minimum Gasteiger partial charge on any atom is -0.337 e. The number of amides is 2. The highest BCUT2D eigenvalue weighted by molar-refractivity contribution is 9.09. The van der Waals surface area contributed by atoms with Crippen molar-refractivity contribution in [3.8, 4) is 0 Å². The average molecular weight is 636 g/mol. The van der Waals surface area contributed by atoms with Gasteiger partial charge in [-0.1, -0.05) is 50.2 Å². The monoisotopic (exact) mass is 634 g/mol. The van der Waals surface area contributed by atoms with Crippen LogP contribution in [0.25, 0.3) is 0 Å². The Bertz CT molecular complexity index is 926. The van der Waals surface area contributed by atoms with Crippen LogP contribution in [-0.4, -0.2) is 94.0 Å². The van der Waals surface area contributed by atoms with E-state index in [0.717, 1.165) is 57.2 Å². The van der Waals surface area contributed by atoms with Gasteiger partial charge in [-0.25, -0.2) is 5.01 Å². The van der Waals surface area contributed by atoms with Crippen LogP contribution in [0.15, 0.2) is 12.7 Å². The molecule has 8 unspecified atom stereocenters. The van der Waals surface area contributed by atoms with Crippen LogP contribution >= 0.6 is 15.9 Å². The van der Waals surface area contributed by atoms with Crippen molar-refractivity contribution in [2.75, 3.05) is 26.3 Å². The van der Waals surface area contributed by atoms with Gasteiger partial charge in [0.25, 0.3) is 0 Å². The molecule has 3 aliphatic heterocycles. The molecule has 3 saturated heterocycles. The number of alkyl halides is 1. The van der Waals surface area contributed by atoms with Crippen molar-refractivity contribution in [2.24, 2.45) is 23.7 Å². The highest BCUT2D eigenvalue weighted by atomic mass is 79.9. The highest BCUT2D eigenvalue weighted by Crippen LogP contribution is 2.42. The Kier molecular flexibility index (Phi) is 10.5. The maximum Gasteiger partial charge on any atom is 0.246 e. The number of fused-ring (bicyclic) bond motifs is 2. The van der Waals surface area contributed by atoms with Crippen molar-refractivity contribution in [3.05, 3.63) is 12.7 Å². The maximum absolute atomic E-state index is 14.5. The van der Waals surface area contributed by atoms with Crippen molar-refractivity contribution < 1.29 is 9.59 Å². The summed E-state index contributed by atoms with van der Waals surface area (Å²) in [6.45, 7) is 15.7. The first-order chi connectivity index (χ1) is 19.8. The fourth-order valence-corrected chi connectivity index (χ4v) is 9.79. The number of piperidine rings is 1. The van der Waals surface area contributed by atoms with Crippen LogP contribution < -0.4 is 16.1 Å². The molecule has 41 heavy (non-hydrogen) atoms. The largest absolute Gasteiger partial charge is 0.337 e. The molecule has 5 aliphatic rings. The minimum absolute atomic E-state index is 0.000610. The molecular weight excluding hydrogens is 580 g/mol. The van der Waals surface area contributed by atoms with Crippen LogP contribution in [0.4, 0.5) is 0 Å². The summed E-state index contributed by atoms with van der Waals surface area (Å²) in [5.41, 5.74) is 4.00. The molecule has 3 N–H and O–H groups in total. The van der Waals surface area contributed by atoms with E-state index in [9.17, 15) is 9.59 Å². The summed E-state index contributed by atoms with van der Waals surface area (Å²) in [6, 6.07) is 1.69. The van der Waals surface area contributed by atoms with Gasteiger partial charge in [-0.3, -0.25) is 25.6 Å². The Balaban J connectivity index is 1.41. The molecule has 3 heterocycles. The van der Waals surface area contributed by atoms with Crippen LogP contribution in [0.2, 0.25) is 0 Å². The zero-order valence-corrected chi connectivity index (χ0v) is 27.4. The number of hydrazine groups is 1. The third kappa shape index (κ3) is 6.31. The molecule has 0 radical (unpaired) electrons. The van der Waals surface area contributed by atoms with E-state index in [2.05, 4.69) is 76.2 Å². The summed E-state index contributed by atoms with van der Waals surface area (Å²) in [6.07, 6.45) is 11.4. The molecule has 8 atom stereocenters. The molecule has 0 spiro atoms. The maximum atomic E-state index is 14.5. The second-order valence-electron chi connectivity index (χ2n) is 13.7. The molecule has 5 fully saturated rings. The van der Waals surface area contributed by atoms with Gasteiger partial charge < -0.3 is 9.80 Å². The number of nitrogens with zero attached hydrogens (tertiary/aromatic N) is 3. The molecule has 0 bridgehead atoms. The van der Waals surface area contributed by atoms with Crippen LogP contribution in [0.5, 0.6) is 0 Å². The van der Waals surface area contributed by atoms with E-state index >= 15 is 0 Å². The van der Waals surface area contributed by atoms with Gasteiger partial charge in [0.1, 0.15) is 0 Å². The summed E-state index contributed by atoms with van der Waals surface area (Å²) >= 11 is 3.87. The van der Waals surface area contributed by atoms with Gasteiger partial charge in [-0.05, 0) is 75.7 Å². The second-order valence-corrected chi connectivity index (χ2v) is 14.9. The molecule has 2 aliphatic carbocycles. The fourth-order valence-electron chi connectivity index (χ4n) is 9.01. The number of hydrogen-bond acceptors (Lipinski definition) is 6. The van der Waals surface area contributed by atoms with Gasteiger partial charge in [-0.2, -0.15) is 0 Å². The molecular formula is C32H55BrN6O2. The number of halogens is 1. The minimum atomic E-state index is -0.0329. The predicted molar refractivity (Wildman–Crippen MR) is 168 cm³/mol. The normalized spacial score (nSPS) is 39.4. The molecule has 5 rings (SSSR count). The lowest BCUT2D eigenvalue weighted by molar-refractivity contribution is -0.146. The number of nitrogens with one attached hydrogen (secondary N) is 3. The molecule has 0 aromatic heterocycles. The van der Waals surface area contributed by atoms with Gasteiger partial charge in [0.2, 0.25) is 11.8 Å². The van der Waals surface area contributed by atoms with Crippen LogP contribution in [-0.2, 0) is 9.59 Å². The molecule has 232 valence electrons. The Labute approximate surface area is 256 Å². The van der Waals surface area contributed by atoms with Gasteiger partial charge >= 0.3 is 0 Å². The summed E-state index contributed by atoms with van der Waals surface area (Å²) in [5.74, 6) is 2.12. The van der Waals surface area contributed by atoms with Crippen molar-refractivity contribution in [1.29, 1.82) is 0 Å². The van der Waals surface area contributed by atoms with Crippen molar-refractivity contribution in [2.45, 2.75) is 127 Å². The smallest absolute Gasteiger partial charge is 0.246 e. The highest BCUT2D eigenvalue weighted by Gasteiger charge is 2.54. The molecule has 0 aromatic carbocycles. The van der Waals surface area contributed by atoms with E-state index in [1.165, 1.54) is 31.8 Å². The number of rotatable bonds is 9. The summed E-state index contributed by atoms with van der Waals surface area (Å²) in [7, 11) is 0. The molecule has 2 amide bonds. The third-order valence-electron chi connectivity index (χ3n) is 11.2. The van der Waals surface area contributed by atoms with E-state index in [1.807, 2.05) is 4.90 Å². The Morgan fingerprint density at radius 3 is 2.44 bits per heavy atom.